The molecule has 4 heteroatoms. The first kappa shape index (κ1) is 23.8. The molecule has 0 bridgehead atoms. The maximum Gasteiger partial charge on any atom is 0.144 e. The number of hydrogen-bond acceptors (Lipinski definition) is 4. The molecule has 0 aliphatic rings. The van der Waals surface area contributed by atoms with Crippen molar-refractivity contribution < 1.29 is 15.3 Å². The van der Waals surface area contributed by atoms with E-state index in [1.165, 1.54) is 71.1 Å². The molecule has 0 aliphatic carbocycles. The Kier molecular flexibility index (Phi) is 15.0. The van der Waals surface area contributed by atoms with Gasteiger partial charge in [-0.25, -0.2) is 0 Å². The smallest absolute Gasteiger partial charge is 0.144 e. The van der Waals surface area contributed by atoms with Crippen molar-refractivity contribution in [3.63, 3.8) is 0 Å². The SMILES string of the molecule is CCCCCCCCCCCCCCC(O)CC(O)(NC)C(C)O. The quantitative estimate of drug-likeness (QED) is 0.236. The van der Waals surface area contributed by atoms with Crippen LogP contribution in [0.2, 0.25) is 0 Å². The van der Waals surface area contributed by atoms with Crippen molar-refractivity contribution in [1.82, 2.24) is 5.32 Å². The van der Waals surface area contributed by atoms with E-state index in [0.29, 0.717) is 6.42 Å². The second kappa shape index (κ2) is 15.1. The minimum atomic E-state index is -1.39. The van der Waals surface area contributed by atoms with Crippen LogP contribution in [-0.2, 0) is 0 Å². The molecule has 0 radical (unpaired) electrons. The van der Waals surface area contributed by atoms with Crippen LogP contribution in [0.1, 0.15) is 104 Å². The third kappa shape index (κ3) is 12.2. The summed E-state index contributed by atoms with van der Waals surface area (Å²) in [7, 11) is 1.60. The van der Waals surface area contributed by atoms with Crippen LogP contribution in [0, 0.1) is 0 Å². The number of hydrogen-bond donors (Lipinski definition) is 4. The van der Waals surface area contributed by atoms with Crippen molar-refractivity contribution in [2.24, 2.45) is 0 Å². The summed E-state index contributed by atoms with van der Waals surface area (Å²) < 4.78 is 0. The molecule has 0 fully saturated rings. The molecule has 0 aliphatic heterocycles. The van der Waals surface area contributed by atoms with E-state index in [9.17, 15) is 15.3 Å². The highest BCUT2D eigenvalue weighted by molar-refractivity contribution is 4.82. The van der Waals surface area contributed by atoms with Gasteiger partial charge in [-0.3, -0.25) is 5.32 Å². The number of aliphatic hydroxyl groups excluding tert-OH is 2. The topological polar surface area (TPSA) is 72.7 Å². The van der Waals surface area contributed by atoms with E-state index in [-0.39, 0.29) is 6.42 Å². The zero-order chi connectivity index (χ0) is 18.3. The molecule has 0 saturated heterocycles. The summed E-state index contributed by atoms with van der Waals surface area (Å²) in [6.45, 7) is 3.79. The predicted octanol–water partition coefficient (Wildman–Crippen LogP) is 4.12. The molecule has 0 spiro atoms. The summed E-state index contributed by atoms with van der Waals surface area (Å²) in [4.78, 5) is 0. The maximum atomic E-state index is 10.1. The van der Waals surface area contributed by atoms with Crippen LogP contribution in [0.4, 0.5) is 0 Å². The van der Waals surface area contributed by atoms with Crippen molar-refractivity contribution in [1.29, 1.82) is 0 Å². The van der Waals surface area contributed by atoms with Crippen molar-refractivity contribution in [3.05, 3.63) is 0 Å². The molecule has 0 aromatic carbocycles. The van der Waals surface area contributed by atoms with Crippen molar-refractivity contribution in [2.75, 3.05) is 7.05 Å². The first-order valence-electron chi connectivity index (χ1n) is 10.2. The van der Waals surface area contributed by atoms with Crippen LogP contribution < -0.4 is 5.32 Å². The Bertz CT molecular complexity index is 274. The van der Waals surface area contributed by atoms with E-state index in [0.717, 1.165) is 12.8 Å². The molecule has 3 unspecified atom stereocenters. The van der Waals surface area contributed by atoms with E-state index in [2.05, 4.69) is 12.2 Å². The van der Waals surface area contributed by atoms with Gasteiger partial charge >= 0.3 is 0 Å². The minimum Gasteiger partial charge on any atom is -0.393 e. The normalized spacial score (nSPS) is 16.8. The lowest BCUT2D eigenvalue weighted by Crippen LogP contribution is -2.53. The fraction of sp³-hybridized carbons (Fsp3) is 1.00. The second-order valence-electron chi connectivity index (χ2n) is 7.39. The molecule has 0 aromatic rings. The van der Waals surface area contributed by atoms with Crippen LogP contribution in [0.15, 0.2) is 0 Å². The number of aliphatic hydroxyl groups is 3. The molecular weight excluding hydrogens is 302 g/mol. The van der Waals surface area contributed by atoms with Gasteiger partial charge in [0.1, 0.15) is 5.72 Å². The van der Waals surface area contributed by atoms with Crippen LogP contribution in [0.5, 0.6) is 0 Å². The molecule has 0 aromatic heterocycles. The van der Waals surface area contributed by atoms with Gasteiger partial charge in [-0.1, -0.05) is 84.0 Å². The zero-order valence-corrected chi connectivity index (χ0v) is 16.4. The number of nitrogens with one attached hydrogen (secondary N) is 1. The Hall–Kier alpha value is -0.160. The third-order valence-corrected chi connectivity index (χ3v) is 5.06. The van der Waals surface area contributed by atoms with Crippen molar-refractivity contribution in [2.45, 2.75) is 122 Å². The van der Waals surface area contributed by atoms with Crippen molar-refractivity contribution in [3.8, 4) is 0 Å². The highest BCUT2D eigenvalue weighted by atomic mass is 16.4. The van der Waals surface area contributed by atoms with E-state index < -0.39 is 17.9 Å². The number of unbranched alkanes of at least 4 members (excludes halogenated alkanes) is 11. The van der Waals surface area contributed by atoms with Gasteiger partial charge < -0.3 is 15.3 Å². The van der Waals surface area contributed by atoms with Crippen LogP contribution in [0.25, 0.3) is 0 Å². The average molecular weight is 346 g/mol. The van der Waals surface area contributed by atoms with Gasteiger partial charge in [0.05, 0.1) is 12.2 Å². The monoisotopic (exact) mass is 345 g/mol. The molecule has 146 valence electrons. The predicted molar refractivity (Wildman–Crippen MR) is 102 cm³/mol. The van der Waals surface area contributed by atoms with E-state index >= 15 is 0 Å². The van der Waals surface area contributed by atoms with Crippen LogP contribution >= 0.6 is 0 Å². The summed E-state index contributed by atoms with van der Waals surface area (Å²) in [6, 6.07) is 0. The van der Waals surface area contributed by atoms with Crippen LogP contribution in [0.3, 0.4) is 0 Å². The number of rotatable bonds is 17. The Balaban J connectivity index is 3.44. The number of likely N-dealkylation sites (N-methyl/N-ethyl adjacent to an activating group) is 1. The fourth-order valence-electron chi connectivity index (χ4n) is 3.16. The van der Waals surface area contributed by atoms with Gasteiger partial charge in [0.2, 0.25) is 0 Å². The van der Waals surface area contributed by atoms with Gasteiger partial charge in [-0.2, -0.15) is 0 Å². The molecule has 24 heavy (non-hydrogen) atoms. The van der Waals surface area contributed by atoms with Crippen LogP contribution in [-0.4, -0.2) is 40.3 Å². The Morgan fingerprint density at radius 2 is 1.21 bits per heavy atom. The summed E-state index contributed by atoms with van der Waals surface area (Å²) in [5, 5.41) is 32.4. The van der Waals surface area contributed by atoms with Crippen molar-refractivity contribution >= 4 is 0 Å². The Labute approximate surface area is 150 Å². The van der Waals surface area contributed by atoms with E-state index in [1.54, 1.807) is 7.05 Å². The van der Waals surface area contributed by atoms with Gasteiger partial charge in [0.15, 0.2) is 0 Å². The highest BCUT2D eigenvalue weighted by Crippen LogP contribution is 2.18. The summed E-state index contributed by atoms with van der Waals surface area (Å²) >= 11 is 0. The lowest BCUT2D eigenvalue weighted by molar-refractivity contribution is -0.111. The minimum absolute atomic E-state index is 0.166. The standard InChI is InChI=1S/C20H43NO3/c1-4-5-6-7-8-9-10-11-12-13-14-15-16-19(23)17-20(24,21-3)18(2)22/h18-19,21-24H,4-17H2,1-3H3. The van der Waals surface area contributed by atoms with Gasteiger partial charge in [0.25, 0.3) is 0 Å². The summed E-state index contributed by atoms with van der Waals surface area (Å²) in [5.74, 6) is 0. The largest absolute Gasteiger partial charge is 0.393 e. The second-order valence-corrected chi connectivity index (χ2v) is 7.39. The first-order valence-corrected chi connectivity index (χ1v) is 10.2. The van der Waals surface area contributed by atoms with Gasteiger partial charge in [-0.05, 0) is 20.4 Å². The lowest BCUT2D eigenvalue weighted by atomic mass is 9.96. The zero-order valence-electron chi connectivity index (χ0n) is 16.4. The molecular formula is C20H43NO3. The molecule has 0 amide bonds. The first-order chi connectivity index (χ1) is 11.5. The molecule has 0 saturated carbocycles. The lowest BCUT2D eigenvalue weighted by Gasteiger charge is -2.32. The van der Waals surface area contributed by atoms with Gasteiger partial charge in [-0.15, -0.1) is 0 Å². The summed E-state index contributed by atoms with van der Waals surface area (Å²) in [6.07, 6.45) is 15.0. The summed E-state index contributed by atoms with van der Waals surface area (Å²) in [5.41, 5.74) is -1.39. The Morgan fingerprint density at radius 3 is 1.58 bits per heavy atom. The fourth-order valence-corrected chi connectivity index (χ4v) is 3.16. The molecule has 3 atom stereocenters. The molecule has 4 nitrogen and oxygen atoms in total. The molecule has 4 N–H and O–H groups in total. The van der Waals surface area contributed by atoms with E-state index in [1.807, 2.05) is 0 Å². The maximum absolute atomic E-state index is 10.1. The Morgan fingerprint density at radius 1 is 0.792 bits per heavy atom. The van der Waals surface area contributed by atoms with Gasteiger partial charge in [0, 0.05) is 6.42 Å². The third-order valence-electron chi connectivity index (χ3n) is 5.06. The average Bonchev–Trinajstić information content (AvgIpc) is 2.55. The van der Waals surface area contributed by atoms with E-state index in [4.69, 9.17) is 0 Å². The highest BCUT2D eigenvalue weighted by Gasteiger charge is 2.32. The molecule has 0 heterocycles. The molecule has 0 rings (SSSR count).